The molecule has 1 aliphatic heterocycles. The second kappa shape index (κ2) is 4.37. The van der Waals surface area contributed by atoms with Crippen LogP contribution in [0.3, 0.4) is 0 Å². The third-order valence-electron chi connectivity index (χ3n) is 2.33. The average Bonchev–Trinajstić information content (AvgIpc) is 2.01. The lowest BCUT2D eigenvalue weighted by Gasteiger charge is -2.30. The van der Waals surface area contributed by atoms with Crippen LogP contribution in [-0.4, -0.2) is 35.4 Å². The average molecular weight is 189 g/mol. The van der Waals surface area contributed by atoms with Crippen LogP contribution in [0.15, 0.2) is 0 Å². The Morgan fingerprint density at radius 3 is 3.00 bits per heavy atom. The highest BCUT2D eigenvalue weighted by Crippen LogP contribution is 2.19. The molecule has 3 nitrogen and oxygen atoms in total. The SMILES string of the molecule is CO[Si]1(C)CC(C)CNCCO1. The second-order valence-electron chi connectivity index (χ2n) is 3.70. The Kier molecular flexibility index (Phi) is 3.70. The summed E-state index contributed by atoms with van der Waals surface area (Å²) in [7, 11) is -0.0244. The third-order valence-corrected chi connectivity index (χ3v) is 5.45. The Morgan fingerprint density at radius 2 is 2.33 bits per heavy atom. The van der Waals surface area contributed by atoms with E-state index in [-0.39, 0.29) is 0 Å². The second-order valence-corrected chi connectivity index (χ2v) is 7.07. The number of nitrogens with one attached hydrogen (secondary N) is 1. The van der Waals surface area contributed by atoms with Crippen LogP contribution in [0.1, 0.15) is 6.92 Å². The minimum atomic E-state index is -1.80. The molecule has 1 N–H and O–H groups in total. The van der Waals surface area contributed by atoms with Crippen LogP contribution in [0.25, 0.3) is 0 Å². The lowest BCUT2D eigenvalue weighted by molar-refractivity contribution is 0.190. The van der Waals surface area contributed by atoms with Crippen LogP contribution >= 0.6 is 0 Å². The minimum Gasteiger partial charge on any atom is -0.398 e. The molecule has 0 amide bonds. The predicted octanol–water partition coefficient (Wildman–Crippen LogP) is 0.961. The van der Waals surface area contributed by atoms with E-state index in [1.165, 1.54) is 0 Å². The van der Waals surface area contributed by atoms with Gasteiger partial charge in [-0.25, -0.2) is 0 Å². The number of hydrogen-bond donors (Lipinski definition) is 1. The molecule has 1 aliphatic rings. The summed E-state index contributed by atoms with van der Waals surface area (Å²) in [5.41, 5.74) is 0. The topological polar surface area (TPSA) is 30.5 Å². The molecule has 0 saturated carbocycles. The molecule has 1 heterocycles. The van der Waals surface area contributed by atoms with Gasteiger partial charge in [-0.1, -0.05) is 6.92 Å². The fourth-order valence-corrected chi connectivity index (χ4v) is 3.94. The van der Waals surface area contributed by atoms with Crippen LogP contribution in [0.5, 0.6) is 0 Å². The molecular formula is C8H19NO2Si. The molecule has 1 fully saturated rings. The zero-order chi connectivity index (χ0) is 9.03. The zero-order valence-electron chi connectivity index (χ0n) is 8.22. The smallest absolute Gasteiger partial charge is 0.335 e. The molecule has 0 radical (unpaired) electrons. The molecule has 0 aromatic carbocycles. The number of rotatable bonds is 1. The summed E-state index contributed by atoms with van der Waals surface area (Å²) < 4.78 is 11.2. The summed E-state index contributed by atoms with van der Waals surface area (Å²) >= 11 is 0. The number of hydrogen-bond acceptors (Lipinski definition) is 3. The summed E-state index contributed by atoms with van der Waals surface area (Å²) in [6.07, 6.45) is 0. The minimum absolute atomic E-state index is 0.668. The maximum absolute atomic E-state index is 5.74. The molecule has 12 heavy (non-hydrogen) atoms. The van der Waals surface area contributed by atoms with Gasteiger partial charge in [0.1, 0.15) is 0 Å². The maximum atomic E-state index is 5.74. The molecule has 1 rings (SSSR count). The van der Waals surface area contributed by atoms with Crippen LogP contribution in [0.4, 0.5) is 0 Å². The van der Waals surface area contributed by atoms with Crippen LogP contribution in [0, 0.1) is 5.92 Å². The summed E-state index contributed by atoms with van der Waals surface area (Å²) in [6, 6.07) is 1.09. The molecule has 4 heteroatoms. The first-order valence-corrected chi connectivity index (χ1v) is 7.08. The molecule has 0 aromatic heterocycles. The van der Waals surface area contributed by atoms with Crippen molar-refractivity contribution in [2.45, 2.75) is 19.5 Å². The van der Waals surface area contributed by atoms with Crippen molar-refractivity contribution in [1.82, 2.24) is 5.32 Å². The quantitative estimate of drug-likeness (QED) is 0.623. The van der Waals surface area contributed by atoms with Gasteiger partial charge >= 0.3 is 8.56 Å². The van der Waals surface area contributed by atoms with Gasteiger partial charge in [0.05, 0.1) is 0 Å². The van der Waals surface area contributed by atoms with Gasteiger partial charge in [-0.3, -0.25) is 0 Å². The van der Waals surface area contributed by atoms with Gasteiger partial charge in [-0.05, 0) is 25.1 Å². The standard InChI is InChI=1S/C8H19NO2Si/c1-8-6-9-4-5-11-12(3,7-8)10-2/h8-9H,4-7H2,1-3H3. The van der Waals surface area contributed by atoms with E-state index in [9.17, 15) is 0 Å². The van der Waals surface area contributed by atoms with E-state index in [0.29, 0.717) is 5.92 Å². The summed E-state index contributed by atoms with van der Waals surface area (Å²) in [5.74, 6) is 0.668. The molecular weight excluding hydrogens is 170 g/mol. The zero-order valence-corrected chi connectivity index (χ0v) is 9.22. The Morgan fingerprint density at radius 1 is 1.58 bits per heavy atom. The van der Waals surface area contributed by atoms with Crippen molar-refractivity contribution in [2.24, 2.45) is 5.92 Å². The monoisotopic (exact) mass is 189 g/mol. The summed E-state index contributed by atoms with van der Waals surface area (Å²) in [5, 5.41) is 3.34. The van der Waals surface area contributed by atoms with Crippen molar-refractivity contribution in [3.8, 4) is 0 Å². The maximum Gasteiger partial charge on any atom is 0.335 e. The van der Waals surface area contributed by atoms with Crippen LogP contribution in [0.2, 0.25) is 12.6 Å². The van der Waals surface area contributed by atoms with Crippen molar-refractivity contribution in [3.05, 3.63) is 0 Å². The van der Waals surface area contributed by atoms with Crippen molar-refractivity contribution in [2.75, 3.05) is 26.8 Å². The third kappa shape index (κ3) is 2.86. The molecule has 0 aliphatic carbocycles. The lowest BCUT2D eigenvalue weighted by Crippen LogP contribution is -2.45. The van der Waals surface area contributed by atoms with E-state index in [1.54, 1.807) is 7.11 Å². The molecule has 1 saturated heterocycles. The molecule has 72 valence electrons. The van der Waals surface area contributed by atoms with Crippen molar-refractivity contribution in [1.29, 1.82) is 0 Å². The first-order chi connectivity index (χ1) is 5.66. The van der Waals surface area contributed by atoms with E-state index in [2.05, 4.69) is 18.8 Å². The van der Waals surface area contributed by atoms with Gasteiger partial charge in [0.2, 0.25) is 0 Å². The van der Waals surface area contributed by atoms with Gasteiger partial charge in [0.25, 0.3) is 0 Å². The van der Waals surface area contributed by atoms with Crippen molar-refractivity contribution in [3.63, 3.8) is 0 Å². The fourth-order valence-electron chi connectivity index (χ4n) is 1.59. The molecule has 0 bridgehead atoms. The van der Waals surface area contributed by atoms with Crippen molar-refractivity contribution < 1.29 is 8.85 Å². The Labute approximate surface area is 75.7 Å². The highest BCUT2D eigenvalue weighted by Gasteiger charge is 2.33. The van der Waals surface area contributed by atoms with E-state index < -0.39 is 8.56 Å². The van der Waals surface area contributed by atoms with Crippen LogP contribution in [-0.2, 0) is 8.85 Å². The van der Waals surface area contributed by atoms with E-state index >= 15 is 0 Å². The van der Waals surface area contributed by atoms with Crippen LogP contribution < -0.4 is 5.32 Å². The normalized spacial score (nSPS) is 38.8. The van der Waals surface area contributed by atoms with Gasteiger partial charge in [0, 0.05) is 20.3 Å². The fraction of sp³-hybridized carbons (Fsp3) is 1.00. The first kappa shape index (κ1) is 10.2. The first-order valence-electron chi connectivity index (χ1n) is 4.56. The van der Waals surface area contributed by atoms with Gasteiger partial charge in [-0.2, -0.15) is 0 Å². The molecule has 0 spiro atoms. The summed E-state index contributed by atoms with van der Waals surface area (Å²) in [4.78, 5) is 0. The highest BCUT2D eigenvalue weighted by atomic mass is 28.4. The van der Waals surface area contributed by atoms with Crippen molar-refractivity contribution >= 4 is 8.56 Å². The van der Waals surface area contributed by atoms with Gasteiger partial charge < -0.3 is 14.2 Å². The Bertz CT molecular complexity index is 145. The van der Waals surface area contributed by atoms with E-state index in [1.807, 2.05) is 0 Å². The van der Waals surface area contributed by atoms with Gasteiger partial charge in [0.15, 0.2) is 0 Å². The van der Waals surface area contributed by atoms with E-state index in [0.717, 1.165) is 25.7 Å². The largest absolute Gasteiger partial charge is 0.398 e. The highest BCUT2D eigenvalue weighted by molar-refractivity contribution is 6.66. The Balaban J connectivity index is 2.48. The molecule has 2 unspecified atom stereocenters. The molecule has 0 aromatic rings. The summed E-state index contributed by atoms with van der Waals surface area (Å²) in [6.45, 7) is 7.23. The lowest BCUT2D eigenvalue weighted by atomic mass is 10.2. The Hall–Kier alpha value is 0.0969. The van der Waals surface area contributed by atoms with Gasteiger partial charge in [-0.15, -0.1) is 0 Å². The predicted molar refractivity (Wildman–Crippen MR) is 51.4 cm³/mol. The molecule has 2 atom stereocenters. The van der Waals surface area contributed by atoms with E-state index in [4.69, 9.17) is 8.85 Å².